The average molecular weight is 313 g/mol. The zero-order valence-corrected chi connectivity index (χ0v) is 12.6. The Labute approximate surface area is 132 Å². The highest BCUT2D eigenvalue weighted by Crippen LogP contribution is 2.44. The number of H-pyrrole nitrogens is 1. The minimum absolute atomic E-state index is 0.0233. The van der Waals surface area contributed by atoms with Crippen molar-refractivity contribution in [1.82, 2.24) is 4.98 Å². The fourth-order valence-corrected chi connectivity index (χ4v) is 3.49. The van der Waals surface area contributed by atoms with Gasteiger partial charge in [0.1, 0.15) is 11.6 Å². The number of rotatable bonds is 3. The van der Waals surface area contributed by atoms with Gasteiger partial charge in [0, 0.05) is 33.6 Å². The summed E-state index contributed by atoms with van der Waals surface area (Å²) in [7, 11) is 0. The third-order valence-corrected chi connectivity index (χ3v) is 5.13. The first kappa shape index (κ1) is 14.4. The Bertz CT molecular complexity index is 875. The van der Waals surface area contributed by atoms with E-state index in [4.69, 9.17) is 0 Å². The van der Waals surface area contributed by atoms with Crippen molar-refractivity contribution in [2.45, 2.75) is 24.7 Å². The van der Waals surface area contributed by atoms with Crippen LogP contribution >= 0.6 is 0 Å². The smallest absolute Gasteiger partial charge is 0.133 e. The van der Waals surface area contributed by atoms with Gasteiger partial charge in [-0.3, -0.25) is 0 Å². The van der Waals surface area contributed by atoms with Crippen LogP contribution in [0, 0.1) is 11.6 Å². The van der Waals surface area contributed by atoms with Gasteiger partial charge >= 0.3 is 0 Å². The summed E-state index contributed by atoms with van der Waals surface area (Å²) < 4.78 is 28.9. The van der Waals surface area contributed by atoms with Crippen LogP contribution in [0.2, 0.25) is 0 Å². The highest BCUT2D eigenvalue weighted by atomic mass is 19.1. The first-order valence-corrected chi connectivity index (χ1v) is 7.81. The summed E-state index contributed by atoms with van der Waals surface area (Å²) in [6, 6.07) is 9.76. The lowest BCUT2D eigenvalue weighted by molar-refractivity contribution is 0.120. The zero-order valence-electron chi connectivity index (χ0n) is 12.6. The van der Waals surface area contributed by atoms with Gasteiger partial charge in [-0.1, -0.05) is 18.6 Å². The van der Waals surface area contributed by atoms with Crippen molar-refractivity contribution in [2.75, 3.05) is 6.61 Å². The molecule has 0 aliphatic heterocycles. The lowest BCUT2D eigenvalue weighted by atomic mass is 9.65. The largest absolute Gasteiger partial charge is 0.395 e. The molecular formula is C19H17F2NO. The van der Waals surface area contributed by atoms with E-state index in [1.165, 1.54) is 12.1 Å². The quantitative estimate of drug-likeness (QED) is 0.732. The molecule has 4 rings (SSSR count). The van der Waals surface area contributed by atoms with Gasteiger partial charge in [-0.05, 0) is 42.7 Å². The Morgan fingerprint density at radius 1 is 1.00 bits per heavy atom. The molecule has 0 bridgehead atoms. The third kappa shape index (κ3) is 2.17. The lowest BCUT2D eigenvalue weighted by Crippen LogP contribution is -2.37. The van der Waals surface area contributed by atoms with Crippen molar-refractivity contribution in [3.63, 3.8) is 0 Å². The van der Waals surface area contributed by atoms with E-state index >= 15 is 0 Å². The molecule has 1 aromatic heterocycles. The van der Waals surface area contributed by atoms with Gasteiger partial charge in [-0.25, -0.2) is 8.78 Å². The third-order valence-electron chi connectivity index (χ3n) is 5.13. The second-order valence-corrected chi connectivity index (χ2v) is 6.38. The molecule has 2 aromatic carbocycles. The fraction of sp³-hybridized carbons (Fsp3) is 0.263. The van der Waals surface area contributed by atoms with Crippen molar-refractivity contribution in [3.05, 3.63) is 59.8 Å². The number of aliphatic hydroxyl groups is 1. The minimum atomic E-state index is -0.452. The van der Waals surface area contributed by atoms with Gasteiger partial charge in [0.25, 0.3) is 0 Å². The molecule has 1 aliphatic rings. The summed E-state index contributed by atoms with van der Waals surface area (Å²) in [5, 5.41) is 10.5. The van der Waals surface area contributed by atoms with Crippen molar-refractivity contribution < 1.29 is 13.9 Å². The van der Waals surface area contributed by atoms with Gasteiger partial charge < -0.3 is 10.1 Å². The number of aromatic nitrogens is 1. The molecule has 3 aromatic rings. The Morgan fingerprint density at radius 3 is 2.43 bits per heavy atom. The van der Waals surface area contributed by atoms with Crippen molar-refractivity contribution in [3.8, 4) is 11.1 Å². The van der Waals surface area contributed by atoms with Crippen LogP contribution in [0.25, 0.3) is 22.0 Å². The molecule has 0 radical (unpaired) electrons. The molecule has 0 atom stereocenters. The molecule has 0 unspecified atom stereocenters. The van der Waals surface area contributed by atoms with E-state index in [2.05, 4.69) is 4.98 Å². The summed E-state index contributed by atoms with van der Waals surface area (Å²) in [5.74, 6) is -0.900. The van der Waals surface area contributed by atoms with Gasteiger partial charge in [-0.15, -0.1) is 0 Å². The number of aliphatic hydroxyl groups excluding tert-OH is 1. The molecule has 2 nitrogen and oxygen atoms in total. The van der Waals surface area contributed by atoms with Crippen LogP contribution in [0.15, 0.2) is 42.6 Å². The van der Waals surface area contributed by atoms with E-state index in [1.807, 2.05) is 12.1 Å². The normalized spacial score (nSPS) is 16.5. The van der Waals surface area contributed by atoms with Gasteiger partial charge in [-0.2, -0.15) is 0 Å². The Balaban J connectivity index is 1.80. The minimum Gasteiger partial charge on any atom is -0.395 e. The first-order valence-electron chi connectivity index (χ1n) is 7.81. The predicted octanol–water partition coefficient (Wildman–Crippen LogP) is 4.53. The van der Waals surface area contributed by atoms with E-state index in [9.17, 15) is 13.9 Å². The number of halogens is 2. The molecule has 0 saturated heterocycles. The maximum atomic E-state index is 14.6. The van der Waals surface area contributed by atoms with Gasteiger partial charge in [0.15, 0.2) is 0 Å². The highest BCUT2D eigenvalue weighted by molar-refractivity contribution is 5.85. The maximum absolute atomic E-state index is 14.6. The second kappa shape index (κ2) is 5.17. The molecule has 1 fully saturated rings. The van der Waals surface area contributed by atoms with E-state index in [1.54, 1.807) is 18.3 Å². The van der Waals surface area contributed by atoms with Crippen LogP contribution < -0.4 is 0 Å². The van der Waals surface area contributed by atoms with Crippen LogP contribution in [0.4, 0.5) is 8.78 Å². The SMILES string of the molecule is OCC1(c2ccc(-c3cc4cc[nH]c4cc3F)c(F)c2)CCC1. The van der Waals surface area contributed by atoms with Crippen LogP contribution in [-0.4, -0.2) is 16.7 Å². The number of benzene rings is 2. The number of nitrogens with one attached hydrogen (secondary N) is 1. The zero-order chi connectivity index (χ0) is 16.0. The molecule has 0 amide bonds. The number of hydrogen-bond acceptors (Lipinski definition) is 1. The molecule has 118 valence electrons. The molecule has 1 saturated carbocycles. The molecule has 1 heterocycles. The monoisotopic (exact) mass is 313 g/mol. The molecule has 4 heteroatoms. The van der Waals surface area contributed by atoms with Gasteiger partial charge in [0.05, 0.1) is 6.61 Å². The summed E-state index contributed by atoms with van der Waals surface area (Å²) in [5.41, 5.74) is 1.69. The van der Waals surface area contributed by atoms with Crippen molar-refractivity contribution in [2.24, 2.45) is 0 Å². The highest BCUT2D eigenvalue weighted by Gasteiger charge is 2.38. The lowest BCUT2D eigenvalue weighted by Gasteiger charge is -2.41. The van der Waals surface area contributed by atoms with E-state index in [-0.39, 0.29) is 23.1 Å². The topological polar surface area (TPSA) is 36.0 Å². The molecule has 2 N–H and O–H groups in total. The molecule has 0 spiro atoms. The number of hydrogen-bond donors (Lipinski definition) is 2. The summed E-state index contributed by atoms with van der Waals surface area (Å²) in [6.07, 6.45) is 4.51. The summed E-state index contributed by atoms with van der Waals surface area (Å²) >= 11 is 0. The number of aromatic amines is 1. The van der Waals surface area contributed by atoms with Crippen molar-refractivity contribution in [1.29, 1.82) is 0 Å². The van der Waals surface area contributed by atoms with Crippen LogP contribution in [-0.2, 0) is 5.41 Å². The van der Waals surface area contributed by atoms with Gasteiger partial charge in [0.2, 0.25) is 0 Å². The summed E-state index contributed by atoms with van der Waals surface area (Å²) in [4.78, 5) is 2.94. The Morgan fingerprint density at radius 2 is 1.78 bits per heavy atom. The Kier molecular flexibility index (Phi) is 3.23. The van der Waals surface area contributed by atoms with Crippen molar-refractivity contribution >= 4 is 10.9 Å². The van der Waals surface area contributed by atoms with E-state index < -0.39 is 11.6 Å². The average Bonchev–Trinajstić information content (AvgIpc) is 2.93. The second-order valence-electron chi connectivity index (χ2n) is 6.38. The predicted molar refractivity (Wildman–Crippen MR) is 86.3 cm³/mol. The summed E-state index contributed by atoms with van der Waals surface area (Å²) in [6.45, 7) is 0.0233. The van der Waals surface area contributed by atoms with Crippen LogP contribution in [0.5, 0.6) is 0 Å². The molecule has 1 aliphatic carbocycles. The molecular weight excluding hydrogens is 296 g/mol. The Hall–Kier alpha value is -2.20. The fourth-order valence-electron chi connectivity index (χ4n) is 3.49. The molecule has 23 heavy (non-hydrogen) atoms. The van der Waals surface area contributed by atoms with Crippen LogP contribution in [0.1, 0.15) is 24.8 Å². The maximum Gasteiger partial charge on any atom is 0.133 e. The standard InChI is InChI=1S/C19H17F2NO/c20-16-9-13(19(11-23)5-1-6-19)2-3-14(16)15-8-12-4-7-22-18(12)10-17(15)21/h2-4,7-10,22-23H,1,5-6,11H2. The first-order chi connectivity index (χ1) is 11.1. The van der Waals surface area contributed by atoms with E-state index in [0.29, 0.717) is 5.52 Å². The number of fused-ring (bicyclic) bond motifs is 1. The van der Waals surface area contributed by atoms with E-state index in [0.717, 1.165) is 30.2 Å². The van der Waals surface area contributed by atoms with Crippen LogP contribution in [0.3, 0.4) is 0 Å².